The Morgan fingerprint density at radius 2 is 2.35 bits per heavy atom. The Balaban J connectivity index is 1.91. The molecular weight excluding hydrogens is 256 g/mol. The van der Waals surface area contributed by atoms with E-state index in [1.165, 1.54) is 6.33 Å². The molecule has 1 amide bonds. The first-order valence-electron chi connectivity index (χ1n) is 6.92. The lowest BCUT2D eigenvalue weighted by Crippen LogP contribution is -2.40. The Labute approximate surface area is 116 Å². The third-order valence-corrected chi connectivity index (χ3v) is 3.82. The molecule has 20 heavy (non-hydrogen) atoms. The maximum atomic E-state index is 11.9. The molecule has 7 heteroatoms. The molecule has 3 heterocycles. The van der Waals surface area contributed by atoms with E-state index in [0.29, 0.717) is 18.8 Å². The van der Waals surface area contributed by atoms with E-state index >= 15 is 0 Å². The Morgan fingerprint density at radius 3 is 3.15 bits per heavy atom. The van der Waals surface area contributed by atoms with E-state index < -0.39 is 0 Å². The van der Waals surface area contributed by atoms with Crippen LogP contribution in [0.5, 0.6) is 0 Å². The molecule has 1 aliphatic rings. The first-order valence-corrected chi connectivity index (χ1v) is 6.92. The molecule has 0 aromatic carbocycles. The molecule has 3 rings (SSSR count). The van der Waals surface area contributed by atoms with E-state index in [1.54, 1.807) is 6.20 Å². The molecular formula is C13H18N6O. The van der Waals surface area contributed by atoms with E-state index in [-0.39, 0.29) is 11.9 Å². The van der Waals surface area contributed by atoms with E-state index in [2.05, 4.69) is 15.1 Å². The summed E-state index contributed by atoms with van der Waals surface area (Å²) in [5, 5.41) is 5.17. The number of likely N-dealkylation sites (tertiary alicyclic amines) is 1. The smallest absolute Gasteiger partial charge is 0.222 e. The van der Waals surface area contributed by atoms with Gasteiger partial charge in [0.25, 0.3) is 0 Å². The number of aromatic nitrogens is 4. The van der Waals surface area contributed by atoms with Crippen LogP contribution in [0.1, 0.15) is 32.2 Å². The van der Waals surface area contributed by atoms with Crippen molar-refractivity contribution >= 4 is 22.8 Å². The van der Waals surface area contributed by atoms with Gasteiger partial charge in [0, 0.05) is 19.5 Å². The molecule has 0 spiro atoms. The lowest BCUT2D eigenvalue weighted by molar-refractivity contribution is -0.132. The summed E-state index contributed by atoms with van der Waals surface area (Å²) in [7, 11) is 0. The van der Waals surface area contributed by atoms with Crippen molar-refractivity contribution < 1.29 is 4.79 Å². The topological polar surface area (TPSA) is 89.9 Å². The first kappa shape index (κ1) is 12.8. The first-order chi connectivity index (χ1) is 9.70. The van der Waals surface area contributed by atoms with Gasteiger partial charge in [-0.05, 0) is 12.8 Å². The van der Waals surface area contributed by atoms with Gasteiger partial charge in [0.1, 0.15) is 12.1 Å². The van der Waals surface area contributed by atoms with E-state index in [9.17, 15) is 4.79 Å². The molecule has 1 atom stereocenters. The minimum atomic E-state index is 0.158. The average molecular weight is 274 g/mol. The highest BCUT2D eigenvalue weighted by Gasteiger charge is 2.26. The Bertz CT molecular complexity index is 637. The number of hydrogen-bond donors (Lipinski definition) is 1. The van der Waals surface area contributed by atoms with Gasteiger partial charge in [0.15, 0.2) is 5.65 Å². The Hall–Kier alpha value is -2.18. The molecule has 1 aliphatic heterocycles. The standard InChI is InChI=1S/C13H18N6O/c1-2-11(20)18-5-3-4-9(7-18)19-13-10(6-17-19)12(14)15-8-16-13/h6,8-9H,2-5,7H2,1H3,(H2,14,15,16)/t9-/m1/s1. The number of nitrogens with two attached hydrogens (primary N) is 1. The number of carbonyl (C=O) groups excluding carboxylic acids is 1. The van der Waals surface area contributed by atoms with Gasteiger partial charge in [-0.1, -0.05) is 6.92 Å². The lowest BCUT2D eigenvalue weighted by atomic mass is 10.1. The zero-order chi connectivity index (χ0) is 14.1. The van der Waals surface area contributed by atoms with Crippen molar-refractivity contribution in [3.8, 4) is 0 Å². The lowest BCUT2D eigenvalue weighted by Gasteiger charge is -2.32. The third-order valence-electron chi connectivity index (χ3n) is 3.82. The molecule has 0 aliphatic carbocycles. The van der Waals surface area contributed by atoms with Gasteiger partial charge in [-0.3, -0.25) is 4.79 Å². The second kappa shape index (κ2) is 5.07. The summed E-state index contributed by atoms with van der Waals surface area (Å²) in [6.45, 7) is 3.41. The van der Waals surface area contributed by atoms with Crippen molar-refractivity contribution in [1.29, 1.82) is 0 Å². The van der Waals surface area contributed by atoms with E-state index in [1.807, 2.05) is 16.5 Å². The molecule has 106 valence electrons. The van der Waals surface area contributed by atoms with Gasteiger partial charge in [-0.2, -0.15) is 5.10 Å². The summed E-state index contributed by atoms with van der Waals surface area (Å²) >= 11 is 0. The Morgan fingerprint density at radius 1 is 1.50 bits per heavy atom. The van der Waals surface area contributed by atoms with Gasteiger partial charge >= 0.3 is 0 Å². The molecule has 2 aromatic heterocycles. The van der Waals surface area contributed by atoms with Crippen molar-refractivity contribution in [2.24, 2.45) is 0 Å². The molecule has 1 saturated heterocycles. The minimum Gasteiger partial charge on any atom is -0.383 e. The third kappa shape index (κ3) is 2.09. The molecule has 2 N–H and O–H groups in total. The average Bonchev–Trinajstić information content (AvgIpc) is 2.92. The van der Waals surface area contributed by atoms with Crippen LogP contribution in [-0.2, 0) is 4.79 Å². The van der Waals surface area contributed by atoms with Gasteiger partial charge in [0.05, 0.1) is 17.6 Å². The second-order valence-electron chi connectivity index (χ2n) is 5.07. The van der Waals surface area contributed by atoms with Gasteiger partial charge in [0.2, 0.25) is 5.91 Å². The van der Waals surface area contributed by atoms with Crippen LogP contribution in [0.15, 0.2) is 12.5 Å². The Kier molecular flexibility index (Phi) is 3.25. The monoisotopic (exact) mass is 274 g/mol. The fraction of sp³-hybridized carbons (Fsp3) is 0.538. The van der Waals surface area contributed by atoms with Crippen LogP contribution in [0, 0.1) is 0 Å². The highest BCUT2D eigenvalue weighted by Crippen LogP contribution is 2.25. The number of nitrogen functional groups attached to an aromatic ring is 1. The van der Waals surface area contributed by atoms with Crippen molar-refractivity contribution in [2.75, 3.05) is 18.8 Å². The summed E-state index contributed by atoms with van der Waals surface area (Å²) in [6, 6.07) is 0.158. The molecule has 0 bridgehead atoms. The van der Waals surface area contributed by atoms with Crippen LogP contribution in [0.25, 0.3) is 11.0 Å². The quantitative estimate of drug-likeness (QED) is 0.881. The fourth-order valence-corrected chi connectivity index (χ4v) is 2.75. The predicted molar refractivity (Wildman–Crippen MR) is 74.9 cm³/mol. The van der Waals surface area contributed by atoms with E-state index in [4.69, 9.17) is 5.73 Å². The van der Waals surface area contributed by atoms with Crippen molar-refractivity contribution in [3.05, 3.63) is 12.5 Å². The summed E-state index contributed by atoms with van der Waals surface area (Å²) in [4.78, 5) is 22.0. The predicted octanol–water partition coefficient (Wildman–Crippen LogP) is 0.982. The number of hydrogen-bond acceptors (Lipinski definition) is 5. The summed E-state index contributed by atoms with van der Waals surface area (Å²) in [5.41, 5.74) is 6.57. The molecule has 0 saturated carbocycles. The number of anilines is 1. The number of fused-ring (bicyclic) bond motifs is 1. The largest absolute Gasteiger partial charge is 0.383 e. The second-order valence-corrected chi connectivity index (χ2v) is 5.07. The molecule has 1 fully saturated rings. The van der Waals surface area contributed by atoms with Crippen LogP contribution in [0.2, 0.25) is 0 Å². The number of carbonyl (C=O) groups is 1. The SMILES string of the molecule is CCC(=O)N1CCC[C@@H](n2ncc3c(N)ncnc32)C1. The van der Waals surface area contributed by atoms with Crippen molar-refractivity contribution in [2.45, 2.75) is 32.2 Å². The van der Waals surface area contributed by atoms with Crippen molar-refractivity contribution in [1.82, 2.24) is 24.6 Å². The van der Waals surface area contributed by atoms with Gasteiger partial charge in [-0.25, -0.2) is 14.6 Å². The normalized spacial score (nSPS) is 19.4. The number of rotatable bonds is 2. The number of nitrogens with zero attached hydrogens (tertiary/aromatic N) is 5. The zero-order valence-corrected chi connectivity index (χ0v) is 11.5. The van der Waals surface area contributed by atoms with Crippen LogP contribution in [0.4, 0.5) is 5.82 Å². The van der Waals surface area contributed by atoms with Gasteiger partial charge in [-0.15, -0.1) is 0 Å². The van der Waals surface area contributed by atoms with Crippen LogP contribution >= 0.6 is 0 Å². The minimum absolute atomic E-state index is 0.158. The fourth-order valence-electron chi connectivity index (χ4n) is 2.75. The van der Waals surface area contributed by atoms with Crippen LogP contribution in [0.3, 0.4) is 0 Å². The summed E-state index contributed by atoms with van der Waals surface area (Å²) in [5.74, 6) is 0.638. The van der Waals surface area contributed by atoms with Crippen LogP contribution < -0.4 is 5.73 Å². The highest BCUT2D eigenvalue weighted by atomic mass is 16.2. The van der Waals surface area contributed by atoms with Gasteiger partial charge < -0.3 is 10.6 Å². The highest BCUT2D eigenvalue weighted by molar-refractivity contribution is 5.84. The molecule has 7 nitrogen and oxygen atoms in total. The molecule has 0 unspecified atom stereocenters. The van der Waals surface area contributed by atoms with E-state index in [0.717, 1.165) is 30.4 Å². The summed E-state index contributed by atoms with van der Waals surface area (Å²) < 4.78 is 1.88. The van der Waals surface area contributed by atoms with Crippen LogP contribution in [-0.4, -0.2) is 43.6 Å². The summed E-state index contributed by atoms with van der Waals surface area (Å²) in [6.07, 6.45) is 5.67. The number of amides is 1. The zero-order valence-electron chi connectivity index (χ0n) is 11.5. The maximum absolute atomic E-state index is 11.9. The number of piperidine rings is 1. The molecule has 0 radical (unpaired) electrons. The molecule has 2 aromatic rings. The van der Waals surface area contributed by atoms with Crippen molar-refractivity contribution in [3.63, 3.8) is 0 Å². The maximum Gasteiger partial charge on any atom is 0.222 e.